The minimum absolute atomic E-state index is 0.666. The maximum atomic E-state index is 4.24. The maximum absolute atomic E-state index is 4.24. The smallest absolute Gasteiger partial charge is 0.138 e. The van der Waals surface area contributed by atoms with E-state index in [-0.39, 0.29) is 0 Å². The minimum Gasteiger partial charge on any atom is -0.294 e. The van der Waals surface area contributed by atoms with Gasteiger partial charge in [-0.25, -0.2) is 4.98 Å². The Hall–Kier alpha value is -0.610. The van der Waals surface area contributed by atoms with Gasteiger partial charge in [-0.1, -0.05) is 6.07 Å². The summed E-state index contributed by atoms with van der Waals surface area (Å²) < 4.78 is 1.88. The summed E-state index contributed by atoms with van der Waals surface area (Å²) in [4.78, 5) is 4.16. The van der Waals surface area contributed by atoms with E-state index < -0.39 is 0 Å². The van der Waals surface area contributed by atoms with Crippen molar-refractivity contribution in [3.63, 3.8) is 0 Å². The monoisotopic (exact) mass is 182 g/mol. The molecule has 0 saturated carbocycles. The Kier molecular flexibility index (Phi) is 1.58. The van der Waals surface area contributed by atoms with Crippen LogP contribution in [0.2, 0.25) is 0 Å². The number of thiol groups is 2. The van der Waals surface area contributed by atoms with Crippen molar-refractivity contribution < 1.29 is 0 Å². The fourth-order valence-electron chi connectivity index (χ4n) is 0.971. The highest BCUT2D eigenvalue weighted by atomic mass is 32.1. The third kappa shape index (κ3) is 1.02. The molecular formula is C7H6N2S2. The SMILES string of the molecule is Sc1nc2ccccn2c1S. The molecule has 2 rings (SSSR count). The zero-order valence-electron chi connectivity index (χ0n) is 5.60. The molecule has 56 valence electrons. The molecule has 0 aliphatic carbocycles. The van der Waals surface area contributed by atoms with Crippen LogP contribution in [0.15, 0.2) is 34.4 Å². The maximum Gasteiger partial charge on any atom is 0.138 e. The molecule has 0 saturated heterocycles. The predicted octanol–water partition coefficient (Wildman–Crippen LogP) is 1.91. The highest BCUT2D eigenvalue weighted by molar-refractivity contribution is 7.83. The first-order valence-electron chi connectivity index (χ1n) is 3.14. The van der Waals surface area contributed by atoms with Gasteiger partial charge in [0.2, 0.25) is 0 Å². The van der Waals surface area contributed by atoms with Gasteiger partial charge in [0.25, 0.3) is 0 Å². The van der Waals surface area contributed by atoms with Gasteiger partial charge in [0.1, 0.15) is 15.7 Å². The number of imidazole rings is 1. The second kappa shape index (κ2) is 2.46. The molecule has 0 aliphatic heterocycles. The molecule has 2 aromatic rings. The van der Waals surface area contributed by atoms with Crippen molar-refractivity contribution in [2.24, 2.45) is 0 Å². The van der Waals surface area contributed by atoms with E-state index in [2.05, 4.69) is 30.2 Å². The lowest BCUT2D eigenvalue weighted by molar-refractivity contribution is 0.999. The standard InChI is InChI=1S/C7H6N2S2/c10-6-7(11)9-4-2-1-3-5(9)8-6/h1-4,10-11H. The summed E-state index contributed by atoms with van der Waals surface area (Å²) in [7, 11) is 0. The van der Waals surface area contributed by atoms with Crippen LogP contribution in [-0.4, -0.2) is 9.38 Å². The molecule has 0 aliphatic rings. The lowest BCUT2D eigenvalue weighted by Gasteiger charge is -1.91. The summed E-state index contributed by atoms with van der Waals surface area (Å²) in [6, 6.07) is 5.78. The van der Waals surface area contributed by atoms with Crippen LogP contribution in [0.4, 0.5) is 0 Å². The normalized spacial score (nSPS) is 10.7. The number of nitrogens with zero attached hydrogens (tertiary/aromatic N) is 2. The predicted molar refractivity (Wildman–Crippen MR) is 49.7 cm³/mol. The lowest BCUT2D eigenvalue weighted by atomic mass is 10.5. The molecule has 0 aromatic carbocycles. The van der Waals surface area contributed by atoms with Crippen LogP contribution < -0.4 is 0 Å². The van der Waals surface area contributed by atoms with E-state index in [1.807, 2.05) is 28.8 Å². The molecule has 4 heteroatoms. The largest absolute Gasteiger partial charge is 0.294 e. The molecule has 0 unspecified atom stereocenters. The fourth-order valence-corrected chi connectivity index (χ4v) is 1.40. The van der Waals surface area contributed by atoms with Gasteiger partial charge in [-0.3, -0.25) is 4.40 Å². The zero-order chi connectivity index (χ0) is 7.84. The third-order valence-electron chi connectivity index (χ3n) is 1.49. The van der Waals surface area contributed by atoms with Gasteiger partial charge >= 0.3 is 0 Å². The Morgan fingerprint density at radius 1 is 1.27 bits per heavy atom. The van der Waals surface area contributed by atoms with Gasteiger partial charge in [-0.15, -0.1) is 25.3 Å². The van der Waals surface area contributed by atoms with Crippen molar-refractivity contribution >= 4 is 30.9 Å². The second-order valence-electron chi connectivity index (χ2n) is 2.19. The van der Waals surface area contributed by atoms with E-state index in [1.54, 1.807) is 0 Å². The van der Waals surface area contributed by atoms with E-state index in [1.165, 1.54) is 0 Å². The van der Waals surface area contributed by atoms with Gasteiger partial charge in [-0.2, -0.15) is 0 Å². The first-order valence-corrected chi connectivity index (χ1v) is 4.03. The molecule has 0 spiro atoms. The Bertz CT molecular complexity index is 394. The summed E-state index contributed by atoms with van der Waals surface area (Å²) in [6.45, 7) is 0. The van der Waals surface area contributed by atoms with Crippen LogP contribution in [0.3, 0.4) is 0 Å². The van der Waals surface area contributed by atoms with E-state index in [0.717, 1.165) is 10.7 Å². The van der Waals surface area contributed by atoms with E-state index in [9.17, 15) is 0 Å². The van der Waals surface area contributed by atoms with Crippen molar-refractivity contribution in [1.82, 2.24) is 9.38 Å². The van der Waals surface area contributed by atoms with Crippen LogP contribution in [0.25, 0.3) is 5.65 Å². The first kappa shape index (κ1) is 7.06. The number of hydrogen-bond acceptors (Lipinski definition) is 3. The summed E-state index contributed by atoms with van der Waals surface area (Å²) in [6.07, 6.45) is 1.91. The van der Waals surface area contributed by atoms with Crippen LogP contribution in [0, 0.1) is 0 Å². The molecule has 0 N–H and O–H groups in total. The highest BCUT2D eigenvalue weighted by Gasteiger charge is 2.02. The summed E-state index contributed by atoms with van der Waals surface area (Å²) in [5.74, 6) is 0. The molecule has 0 atom stereocenters. The lowest BCUT2D eigenvalue weighted by Crippen LogP contribution is -1.81. The second-order valence-corrected chi connectivity index (χ2v) is 3.04. The van der Waals surface area contributed by atoms with Gasteiger partial charge in [0.05, 0.1) is 0 Å². The number of rotatable bonds is 0. The van der Waals surface area contributed by atoms with Crippen molar-refractivity contribution in [3.05, 3.63) is 24.4 Å². The zero-order valence-corrected chi connectivity index (χ0v) is 7.39. The van der Waals surface area contributed by atoms with Gasteiger partial charge in [0, 0.05) is 6.20 Å². The number of fused-ring (bicyclic) bond motifs is 1. The third-order valence-corrected chi connectivity index (χ3v) is 2.40. The molecular weight excluding hydrogens is 176 g/mol. The van der Waals surface area contributed by atoms with Crippen molar-refractivity contribution in [1.29, 1.82) is 0 Å². The quantitative estimate of drug-likeness (QED) is 0.595. The van der Waals surface area contributed by atoms with Crippen LogP contribution >= 0.6 is 25.3 Å². The number of hydrogen-bond donors (Lipinski definition) is 2. The van der Waals surface area contributed by atoms with Gasteiger partial charge in [0.15, 0.2) is 0 Å². The molecule has 2 heterocycles. The Labute approximate surface area is 75.1 Å². The number of aromatic nitrogens is 2. The first-order chi connectivity index (χ1) is 5.29. The molecule has 11 heavy (non-hydrogen) atoms. The van der Waals surface area contributed by atoms with Crippen molar-refractivity contribution in [3.8, 4) is 0 Å². The van der Waals surface area contributed by atoms with Crippen LogP contribution in [0.1, 0.15) is 0 Å². The molecule has 0 radical (unpaired) electrons. The minimum atomic E-state index is 0.666. The molecule has 0 amide bonds. The highest BCUT2D eigenvalue weighted by Crippen LogP contribution is 2.18. The molecule has 0 bridgehead atoms. The molecule has 0 fully saturated rings. The van der Waals surface area contributed by atoms with E-state index in [4.69, 9.17) is 0 Å². The van der Waals surface area contributed by atoms with Crippen molar-refractivity contribution in [2.75, 3.05) is 0 Å². The summed E-state index contributed by atoms with van der Waals surface area (Å²) >= 11 is 8.39. The summed E-state index contributed by atoms with van der Waals surface area (Å²) in [5, 5.41) is 1.45. The average Bonchev–Trinajstić information content (AvgIpc) is 2.30. The summed E-state index contributed by atoms with van der Waals surface area (Å²) in [5.41, 5.74) is 0.877. The van der Waals surface area contributed by atoms with E-state index >= 15 is 0 Å². The average molecular weight is 182 g/mol. The molecule has 2 nitrogen and oxygen atoms in total. The Balaban J connectivity index is 2.92. The van der Waals surface area contributed by atoms with Crippen LogP contribution in [-0.2, 0) is 0 Å². The van der Waals surface area contributed by atoms with Gasteiger partial charge in [-0.05, 0) is 12.1 Å². The molecule has 2 aromatic heterocycles. The van der Waals surface area contributed by atoms with Crippen LogP contribution in [0.5, 0.6) is 0 Å². The Morgan fingerprint density at radius 2 is 2.09 bits per heavy atom. The van der Waals surface area contributed by atoms with Gasteiger partial charge < -0.3 is 0 Å². The fraction of sp³-hybridized carbons (Fsp3) is 0. The number of pyridine rings is 1. The van der Waals surface area contributed by atoms with E-state index in [0.29, 0.717) is 5.03 Å². The Morgan fingerprint density at radius 3 is 2.82 bits per heavy atom. The van der Waals surface area contributed by atoms with Crippen molar-refractivity contribution in [2.45, 2.75) is 10.1 Å². The topological polar surface area (TPSA) is 17.3 Å².